The van der Waals surface area contributed by atoms with Crippen LogP contribution in [0.15, 0.2) is 58.7 Å². The molecule has 0 aliphatic heterocycles. The Labute approximate surface area is 258 Å². The Hall–Kier alpha value is -3.27. The van der Waals surface area contributed by atoms with Crippen molar-refractivity contribution < 1.29 is 23.1 Å². The second kappa shape index (κ2) is 13.6. The lowest BCUT2D eigenvalue weighted by atomic mass is 9.94. The maximum absolute atomic E-state index is 14.5. The average molecular weight is 631 g/mol. The van der Waals surface area contributed by atoms with Gasteiger partial charge in [0.1, 0.15) is 11.1 Å². The molecule has 2 heterocycles. The van der Waals surface area contributed by atoms with E-state index < -0.39 is 30.9 Å². The molecule has 5 nitrogen and oxygen atoms in total. The van der Waals surface area contributed by atoms with E-state index in [1.54, 1.807) is 16.7 Å². The van der Waals surface area contributed by atoms with Crippen LogP contribution in [0.4, 0.5) is 13.2 Å². The van der Waals surface area contributed by atoms with Crippen molar-refractivity contribution in [2.45, 2.75) is 72.1 Å². The first-order valence-corrected chi connectivity index (χ1v) is 15.5. The maximum atomic E-state index is 14.5. The Balaban J connectivity index is 2.00. The highest BCUT2D eigenvalue weighted by molar-refractivity contribution is 7.13. The number of pyridine rings is 1. The summed E-state index contributed by atoms with van der Waals surface area (Å²) in [6, 6.07) is 14.4. The molecule has 0 fully saturated rings. The second-order valence-electron chi connectivity index (χ2n) is 10.9. The summed E-state index contributed by atoms with van der Waals surface area (Å²) in [5.74, 6) is -0.547. The van der Waals surface area contributed by atoms with Gasteiger partial charge in [0.15, 0.2) is 5.78 Å². The molecular weight excluding hydrogens is 597 g/mol. The summed E-state index contributed by atoms with van der Waals surface area (Å²) in [5.41, 5.74) is 4.37. The van der Waals surface area contributed by atoms with Gasteiger partial charge in [-0.3, -0.25) is 14.2 Å². The van der Waals surface area contributed by atoms with Crippen molar-refractivity contribution in [1.29, 1.82) is 0 Å². The van der Waals surface area contributed by atoms with Crippen LogP contribution in [0.3, 0.4) is 0 Å². The summed E-state index contributed by atoms with van der Waals surface area (Å²) in [5, 5.41) is 12.4. The van der Waals surface area contributed by atoms with Gasteiger partial charge in [0.25, 0.3) is 5.56 Å². The average Bonchev–Trinajstić information content (AvgIpc) is 3.45. The van der Waals surface area contributed by atoms with Crippen molar-refractivity contribution in [2.75, 3.05) is 0 Å². The van der Waals surface area contributed by atoms with Gasteiger partial charge in [0, 0.05) is 33.6 Å². The Morgan fingerprint density at radius 3 is 2.26 bits per heavy atom. The first-order valence-electron chi connectivity index (χ1n) is 14.2. The quantitative estimate of drug-likeness (QED) is 0.169. The molecule has 0 radical (unpaired) electrons. The monoisotopic (exact) mass is 630 g/mol. The largest absolute Gasteiger partial charge is 0.414 e. The number of carbonyl (C=O) groups excluding carboxylic acids is 1. The fourth-order valence-electron chi connectivity index (χ4n) is 5.09. The first-order chi connectivity index (χ1) is 20.3. The number of halogens is 4. The third-order valence-corrected chi connectivity index (χ3v) is 8.42. The van der Waals surface area contributed by atoms with Crippen LogP contribution in [0.5, 0.6) is 0 Å². The molecule has 2 aromatic heterocycles. The van der Waals surface area contributed by atoms with E-state index in [2.05, 4.69) is 0 Å². The minimum absolute atomic E-state index is 0.0269. The van der Waals surface area contributed by atoms with E-state index in [1.165, 1.54) is 17.4 Å². The molecular formula is C33H34ClF3N2O3S. The number of rotatable bonds is 11. The molecule has 228 valence electrons. The number of hydrogen-bond acceptors (Lipinski definition) is 5. The topological polar surface area (TPSA) is 72.2 Å². The molecule has 2 aromatic carbocycles. The SMILES string of the molecule is CCc1cccc(CC)c1-n1c(CC(C)C)c(C(=O)CCC(O)C(F)(F)F)cc(-c2nc(-c3ccc(Cl)cc3)cs2)c1=O. The molecule has 0 spiro atoms. The van der Waals surface area contributed by atoms with Crippen LogP contribution in [0.25, 0.3) is 27.5 Å². The molecule has 0 amide bonds. The van der Waals surface area contributed by atoms with Gasteiger partial charge in [-0.25, -0.2) is 4.98 Å². The molecule has 1 atom stereocenters. The summed E-state index contributed by atoms with van der Waals surface area (Å²) < 4.78 is 40.8. The lowest BCUT2D eigenvalue weighted by Gasteiger charge is -2.24. The molecule has 1 unspecified atom stereocenters. The predicted octanol–water partition coefficient (Wildman–Crippen LogP) is 8.49. The maximum Gasteiger partial charge on any atom is 0.414 e. The zero-order valence-corrected chi connectivity index (χ0v) is 26.0. The Bertz CT molecular complexity index is 1640. The van der Waals surface area contributed by atoms with Gasteiger partial charge in [-0.15, -0.1) is 11.3 Å². The number of para-hydroxylation sites is 1. The highest BCUT2D eigenvalue weighted by Crippen LogP contribution is 2.33. The minimum atomic E-state index is -4.83. The van der Waals surface area contributed by atoms with E-state index in [0.29, 0.717) is 46.4 Å². The standard InChI is InChI=1S/C33H34ClF3N2O3S/c1-5-20-8-7-9-21(6-2)30(20)39-27(16-19(3)4)24(28(40)14-15-29(41)33(35,36)37)17-25(32(39)42)31-38-26(18-43-31)22-10-12-23(34)13-11-22/h7-13,17-19,29,41H,5-6,14-16H2,1-4H3. The van der Waals surface area contributed by atoms with Gasteiger partial charge in [-0.2, -0.15) is 13.2 Å². The molecule has 10 heteroatoms. The normalized spacial score (nSPS) is 12.6. The van der Waals surface area contributed by atoms with Crippen LogP contribution in [-0.2, 0) is 19.3 Å². The molecule has 0 saturated heterocycles. The summed E-state index contributed by atoms with van der Waals surface area (Å²) in [4.78, 5) is 32.9. The van der Waals surface area contributed by atoms with Crippen LogP contribution in [0, 0.1) is 5.92 Å². The van der Waals surface area contributed by atoms with Crippen molar-refractivity contribution in [3.63, 3.8) is 0 Å². The first kappa shape index (κ1) is 32.6. The fourth-order valence-corrected chi connectivity index (χ4v) is 6.05. The van der Waals surface area contributed by atoms with Gasteiger partial charge in [0.2, 0.25) is 0 Å². The molecule has 1 N–H and O–H groups in total. The zero-order valence-electron chi connectivity index (χ0n) is 24.5. The molecule has 0 aliphatic carbocycles. The Morgan fingerprint density at radius 1 is 1.07 bits per heavy atom. The number of hydrogen-bond donors (Lipinski definition) is 1. The third kappa shape index (κ3) is 7.28. The summed E-state index contributed by atoms with van der Waals surface area (Å²) in [6.07, 6.45) is -7.17. The van der Waals surface area contributed by atoms with Crippen molar-refractivity contribution in [1.82, 2.24) is 9.55 Å². The molecule has 4 rings (SSSR count). The number of alkyl halides is 3. The van der Waals surface area contributed by atoms with E-state index in [-0.39, 0.29) is 22.6 Å². The lowest BCUT2D eigenvalue weighted by Crippen LogP contribution is -2.31. The molecule has 4 aromatic rings. The number of benzene rings is 2. The summed E-state index contributed by atoms with van der Waals surface area (Å²) in [7, 11) is 0. The second-order valence-corrected chi connectivity index (χ2v) is 12.1. The van der Waals surface area contributed by atoms with Gasteiger partial charge in [0.05, 0.1) is 16.9 Å². The smallest absolute Gasteiger partial charge is 0.384 e. The van der Waals surface area contributed by atoms with E-state index >= 15 is 0 Å². The Morgan fingerprint density at radius 2 is 1.70 bits per heavy atom. The highest BCUT2D eigenvalue weighted by Gasteiger charge is 2.38. The van der Waals surface area contributed by atoms with Crippen LogP contribution in [0.2, 0.25) is 5.02 Å². The number of nitrogens with zero attached hydrogens (tertiary/aromatic N) is 2. The lowest BCUT2D eigenvalue weighted by molar-refractivity contribution is -0.204. The fraction of sp³-hybridized carbons (Fsp3) is 0.364. The van der Waals surface area contributed by atoms with E-state index in [1.807, 2.05) is 63.4 Å². The molecule has 43 heavy (non-hydrogen) atoms. The van der Waals surface area contributed by atoms with Crippen LogP contribution < -0.4 is 5.56 Å². The van der Waals surface area contributed by atoms with Gasteiger partial charge < -0.3 is 5.11 Å². The Kier molecular flexibility index (Phi) is 10.3. The van der Waals surface area contributed by atoms with E-state index in [0.717, 1.165) is 16.7 Å². The number of thiazole rings is 1. The number of aliphatic hydroxyl groups excluding tert-OH is 1. The van der Waals surface area contributed by atoms with Crippen molar-refractivity contribution in [2.24, 2.45) is 5.92 Å². The molecule has 0 saturated carbocycles. The van der Waals surface area contributed by atoms with Crippen molar-refractivity contribution in [3.05, 3.63) is 91.7 Å². The van der Waals surface area contributed by atoms with E-state index in [9.17, 15) is 27.9 Å². The number of ketones is 1. The summed E-state index contributed by atoms with van der Waals surface area (Å²) in [6.45, 7) is 7.88. The third-order valence-electron chi connectivity index (χ3n) is 7.29. The number of aromatic nitrogens is 2. The zero-order chi connectivity index (χ0) is 31.5. The van der Waals surface area contributed by atoms with Crippen LogP contribution >= 0.6 is 22.9 Å². The number of aliphatic hydroxyl groups is 1. The highest BCUT2D eigenvalue weighted by atomic mass is 35.5. The number of Topliss-reactive ketones (excluding diaryl/α,β-unsaturated/α-hetero) is 1. The van der Waals surface area contributed by atoms with Gasteiger partial charge >= 0.3 is 6.18 Å². The molecule has 0 bridgehead atoms. The number of aryl methyl sites for hydroxylation is 2. The van der Waals surface area contributed by atoms with Crippen LogP contribution in [0.1, 0.15) is 67.7 Å². The summed E-state index contributed by atoms with van der Waals surface area (Å²) >= 11 is 7.29. The number of carbonyl (C=O) groups is 1. The minimum Gasteiger partial charge on any atom is -0.384 e. The van der Waals surface area contributed by atoms with Crippen molar-refractivity contribution >= 4 is 28.7 Å². The van der Waals surface area contributed by atoms with Gasteiger partial charge in [-0.05, 0) is 60.9 Å². The van der Waals surface area contributed by atoms with Crippen LogP contribution in [-0.4, -0.2) is 32.7 Å². The molecule has 0 aliphatic rings. The van der Waals surface area contributed by atoms with Gasteiger partial charge in [-0.1, -0.05) is 69.6 Å². The predicted molar refractivity (Wildman–Crippen MR) is 167 cm³/mol. The van der Waals surface area contributed by atoms with E-state index in [4.69, 9.17) is 16.6 Å². The van der Waals surface area contributed by atoms with Crippen molar-refractivity contribution in [3.8, 4) is 27.5 Å².